The number of carbonyl (C=O) groups excluding carboxylic acids is 4. The first kappa shape index (κ1) is 24.5. The van der Waals surface area contributed by atoms with E-state index in [2.05, 4.69) is 10.1 Å². The SMILES string of the molecule is CC(=O)OCOC(=O)SC(C)(C)[C@@H](NC(=O)C(C)C)C(=O)OCc1ccccc1. The number of carbonyl (C=O) groups is 4. The summed E-state index contributed by atoms with van der Waals surface area (Å²) in [6, 6.07) is 7.99. The Labute approximate surface area is 174 Å². The van der Waals surface area contributed by atoms with E-state index < -0.39 is 34.8 Å². The number of benzene rings is 1. The minimum Gasteiger partial charge on any atom is -0.459 e. The second-order valence-electron chi connectivity index (χ2n) is 7.04. The fraction of sp³-hybridized carbons (Fsp3) is 0.500. The fourth-order valence-corrected chi connectivity index (χ4v) is 2.91. The van der Waals surface area contributed by atoms with E-state index in [0.29, 0.717) is 11.8 Å². The molecule has 160 valence electrons. The van der Waals surface area contributed by atoms with Crippen LogP contribution in [0.15, 0.2) is 30.3 Å². The van der Waals surface area contributed by atoms with Crippen LogP contribution in [-0.2, 0) is 35.2 Å². The number of rotatable bonds is 9. The lowest BCUT2D eigenvalue weighted by Gasteiger charge is -2.32. The molecule has 0 unspecified atom stereocenters. The van der Waals surface area contributed by atoms with Crippen LogP contribution in [0.5, 0.6) is 0 Å². The zero-order chi connectivity index (χ0) is 22.0. The zero-order valence-corrected chi connectivity index (χ0v) is 18.0. The molecule has 0 saturated heterocycles. The van der Waals surface area contributed by atoms with Crippen molar-refractivity contribution in [1.29, 1.82) is 0 Å². The molecule has 1 atom stereocenters. The molecule has 0 spiro atoms. The quantitative estimate of drug-likeness (QED) is 0.475. The predicted octanol–water partition coefficient (Wildman–Crippen LogP) is 3.04. The summed E-state index contributed by atoms with van der Waals surface area (Å²) in [4.78, 5) is 47.7. The van der Waals surface area contributed by atoms with E-state index in [4.69, 9.17) is 9.47 Å². The summed E-state index contributed by atoms with van der Waals surface area (Å²) in [6.45, 7) is 7.29. The van der Waals surface area contributed by atoms with Gasteiger partial charge in [0.05, 0.1) is 4.75 Å². The predicted molar refractivity (Wildman–Crippen MR) is 108 cm³/mol. The molecular formula is C20H27NO7S. The first-order valence-electron chi connectivity index (χ1n) is 9.03. The minimum atomic E-state index is -1.10. The third kappa shape index (κ3) is 8.99. The highest BCUT2D eigenvalue weighted by atomic mass is 32.2. The van der Waals surface area contributed by atoms with Crippen molar-refractivity contribution < 1.29 is 33.4 Å². The van der Waals surface area contributed by atoms with Gasteiger partial charge in [-0.3, -0.25) is 9.59 Å². The molecule has 0 aromatic heterocycles. The summed E-state index contributed by atoms with van der Waals surface area (Å²) < 4.78 is 13.6. The van der Waals surface area contributed by atoms with E-state index >= 15 is 0 Å². The van der Waals surface area contributed by atoms with Crippen molar-refractivity contribution in [1.82, 2.24) is 5.32 Å². The van der Waals surface area contributed by atoms with Gasteiger partial charge in [0.1, 0.15) is 12.6 Å². The lowest BCUT2D eigenvalue weighted by Crippen LogP contribution is -2.54. The fourth-order valence-electron chi connectivity index (χ4n) is 2.10. The van der Waals surface area contributed by atoms with Crippen molar-refractivity contribution in [2.75, 3.05) is 6.79 Å². The van der Waals surface area contributed by atoms with Crippen LogP contribution in [0.25, 0.3) is 0 Å². The Morgan fingerprint density at radius 3 is 2.21 bits per heavy atom. The molecule has 0 saturated carbocycles. The number of nitrogens with one attached hydrogen (secondary N) is 1. The Morgan fingerprint density at radius 2 is 1.66 bits per heavy atom. The first-order valence-corrected chi connectivity index (χ1v) is 9.84. The molecule has 1 aromatic carbocycles. The summed E-state index contributed by atoms with van der Waals surface area (Å²) in [5.74, 6) is -1.98. The van der Waals surface area contributed by atoms with Gasteiger partial charge in [-0.05, 0) is 31.2 Å². The normalized spacial score (nSPS) is 12.1. The Hall–Kier alpha value is -2.55. The summed E-state index contributed by atoms with van der Waals surface area (Å²) in [5.41, 5.74) is 0.793. The molecule has 0 aliphatic rings. The molecular weight excluding hydrogens is 398 g/mol. The maximum atomic E-state index is 12.7. The Bertz CT molecular complexity index is 719. The number of esters is 2. The molecule has 9 heteroatoms. The number of thioether (sulfide) groups is 1. The van der Waals surface area contributed by atoms with Crippen molar-refractivity contribution in [2.24, 2.45) is 5.92 Å². The van der Waals surface area contributed by atoms with E-state index in [0.717, 1.165) is 5.56 Å². The van der Waals surface area contributed by atoms with Gasteiger partial charge in [0.25, 0.3) is 0 Å². The van der Waals surface area contributed by atoms with Crippen LogP contribution < -0.4 is 5.32 Å². The largest absolute Gasteiger partial charge is 0.459 e. The Balaban J connectivity index is 2.84. The van der Waals surface area contributed by atoms with Crippen LogP contribution in [0, 0.1) is 5.92 Å². The summed E-state index contributed by atoms with van der Waals surface area (Å²) >= 11 is 0.697. The van der Waals surface area contributed by atoms with Gasteiger partial charge in [0, 0.05) is 12.8 Å². The van der Waals surface area contributed by atoms with Crippen molar-refractivity contribution in [3.8, 4) is 0 Å². The van der Waals surface area contributed by atoms with Gasteiger partial charge < -0.3 is 19.5 Å². The van der Waals surface area contributed by atoms with E-state index in [1.165, 1.54) is 6.92 Å². The monoisotopic (exact) mass is 425 g/mol. The standard InChI is InChI=1S/C20H27NO7S/c1-13(2)17(23)21-16(18(24)26-11-15-9-7-6-8-10-15)20(4,5)29-19(25)28-12-27-14(3)22/h6-10,13,16H,11-12H2,1-5H3,(H,21,23)/t16-/m0/s1. The molecule has 0 radical (unpaired) electrons. The topological polar surface area (TPSA) is 108 Å². The van der Waals surface area contributed by atoms with Crippen LogP contribution in [-0.4, -0.2) is 40.7 Å². The molecule has 1 amide bonds. The van der Waals surface area contributed by atoms with Crippen molar-refractivity contribution in [2.45, 2.75) is 52.0 Å². The third-order valence-corrected chi connectivity index (χ3v) is 4.80. The highest BCUT2D eigenvalue weighted by molar-refractivity contribution is 8.14. The summed E-state index contributed by atoms with van der Waals surface area (Å²) in [6.07, 6.45) is 0. The lowest BCUT2D eigenvalue weighted by molar-refractivity contribution is -0.150. The molecule has 0 fully saturated rings. The number of hydrogen-bond donors (Lipinski definition) is 1. The van der Waals surface area contributed by atoms with E-state index in [1.54, 1.807) is 39.8 Å². The number of amides is 1. The maximum absolute atomic E-state index is 12.7. The van der Waals surface area contributed by atoms with Gasteiger partial charge in [-0.1, -0.05) is 44.2 Å². The molecule has 0 aliphatic heterocycles. The van der Waals surface area contributed by atoms with Crippen LogP contribution in [0.3, 0.4) is 0 Å². The van der Waals surface area contributed by atoms with Gasteiger partial charge in [0.2, 0.25) is 12.7 Å². The lowest BCUT2D eigenvalue weighted by atomic mass is 10.0. The van der Waals surface area contributed by atoms with Crippen LogP contribution in [0.1, 0.15) is 40.2 Å². The van der Waals surface area contributed by atoms with Crippen molar-refractivity contribution in [3.63, 3.8) is 0 Å². The molecule has 1 aromatic rings. The minimum absolute atomic E-state index is 0.0331. The van der Waals surface area contributed by atoms with Crippen molar-refractivity contribution >= 4 is 34.9 Å². The highest BCUT2D eigenvalue weighted by Gasteiger charge is 2.41. The molecule has 29 heavy (non-hydrogen) atoms. The molecule has 8 nitrogen and oxygen atoms in total. The summed E-state index contributed by atoms with van der Waals surface area (Å²) in [5, 5.41) is 1.89. The second kappa shape index (κ2) is 11.5. The second-order valence-corrected chi connectivity index (χ2v) is 8.63. The van der Waals surface area contributed by atoms with Gasteiger partial charge in [-0.15, -0.1) is 0 Å². The number of hydrogen-bond acceptors (Lipinski definition) is 8. The van der Waals surface area contributed by atoms with Gasteiger partial charge >= 0.3 is 17.2 Å². The highest BCUT2D eigenvalue weighted by Crippen LogP contribution is 2.31. The molecule has 0 bridgehead atoms. The number of ether oxygens (including phenoxy) is 3. The van der Waals surface area contributed by atoms with Gasteiger partial charge in [-0.25, -0.2) is 9.59 Å². The molecule has 1 N–H and O–H groups in total. The Morgan fingerprint density at radius 1 is 1.03 bits per heavy atom. The van der Waals surface area contributed by atoms with E-state index in [9.17, 15) is 19.2 Å². The zero-order valence-electron chi connectivity index (χ0n) is 17.2. The van der Waals surface area contributed by atoms with Crippen LogP contribution >= 0.6 is 11.8 Å². The van der Waals surface area contributed by atoms with E-state index in [-0.39, 0.29) is 18.4 Å². The van der Waals surface area contributed by atoms with Crippen LogP contribution in [0.4, 0.5) is 4.79 Å². The van der Waals surface area contributed by atoms with Crippen molar-refractivity contribution in [3.05, 3.63) is 35.9 Å². The Kier molecular flexibility index (Phi) is 9.67. The average Bonchev–Trinajstić information content (AvgIpc) is 2.63. The smallest absolute Gasteiger partial charge is 0.370 e. The maximum Gasteiger partial charge on any atom is 0.370 e. The van der Waals surface area contributed by atoms with Gasteiger partial charge in [0.15, 0.2) is 0 Å². The average molecular weight is 426 g/mol. The van der Waals surface area contributed by atoms with Crippen LogP contribution in [0.2, 0.25) is 0 Å². The molecule has 1 rings (SSSR count). The third-order valence-electron chi connectivity index (χ3n) is 3.75. The molecule has 0 aliphatic carbocycles. The van der Waals surface area contributed by atoms with E-state index in [1.807, 2.05) is 18.2 Å². The first-order chi connectivity index (χ1) is 13.5. The summed E-state index contributed by atoms with van der Waals surface area (Å²) in [7, 11) is 0. The molecule has 0 heterocycles. The van der Waals surface area contributed by atoms with Gasteiger partial charge in [-0.2, -0.15) is 0 Å².